The number of furan rings is 1. The molecular weight excluding hydrogens is 260 g/mol. The first-order valence-electron chi connectivity index (χ1n) is 8.75. The minimum absolute atomic E-state index is 0.763. The van der Waals surface area contributed by atoms with Crippen LogP contribution in [0.1, 0.15) is 49.8 Å². The molecule has 3 atom stereocenters. The Hall–Kier alpha value is -0.800. The maximum absolute atomic E-state index is 5.73. The summed E-state index contributed by atoms with van der Waals surface area (Å²) in [5.74, 6) is 4.17. The van der Waals surface area contributed by atoms with Crippen molar-refractivity contribution >= 4 is 0 Å². The van der Waals surface area contributed by atoms with Crippen molar-refractivity contribution in [1.82, 2.24) is 10.2 Å². The molecule has 0 amide bonds. The molecule has 0 aliphatic heterocycles. The summed E-state index contributed by atoms with van der Waals surface area (Å²) >= 11 is 0. The summed E-state index contributed by atoms with van der Waals surface area (Å²) in [6.07, 6.45) is 10.5. The smallest absolute Gasteiger partial charge is 0.122 e. The number of rotatable bonds is 7. The Morgan fingerprint density at radius 1 is 1.24 bits per heavy atom. The van der Waals surface area contributed by atoms with E-state index in [0.29, 0.717) is 0 Å². The monoisotopic (exact) mass is 288 g/mol. The molecule has 1 aromatic rings. The Bertz CT molecular complexity index is 479. The minimum Gasteiger partial charge on any atom is -0.468 e. The van der Waals surface area contributed by atoms with Crippen molar-refractivity contribution in [3.8, 4) is 0 Å². The van der Waals surface area contributed by atoms with Gasteiger partial charge in [0.1, 0.15) is 5.76 Å². The zero-order chi connectivity index (χ0) is 14.2. The SMILES string of the molecule is CN(Cc1occc1CNC1CC1)CC1CC2CCC1C2. The predicted octanol–water partition coefficient (Wildman–Crippen LogP) is 3.40. The highest BCUT2D eigenvalue weighted by Crippen LogP contribution is 2.48. The van der Waals surface area contributed by atoms with Gasteiger partial charge in [0.2, 0.25) is 0 Å². The highest BCUT2D eigenvalue weighted by Gasteiger charge is 2.39. The van der Waals surface area contributed by atoms with Crippen molar-refractivity contribution < 1.29 is 4.42 Å². The highest BCUT2D eigenvalue weighted by molar-refractivity contribution is 5.17. The van der Waals surface area contributed by atoms with E-state index in [1.165, 1.54) is 50.6 Å². The van der Waals surface area contributed by atoms with E-state index in [1.54, 1.807) is 0 Å². The standard InChI is InChI=1S/C18H28N2O/c1-20(11-16-9-13-2-3-14(16)8-13)12-18-15(6-7-21-18)10-19-17-4-5-17/h6-7,13-14,16-17,19H,2-5,8-12H2,1H3. The maximum atomic E-state index is 5.73. The third-order valence-corrected chi connectivity index (χ3v) is 5.84. The average molecular weight is 288 g/mol. The normalized spacial score (nSPS) is 31.4. The second-order valence-electron chi connectivity index (χ2n) is 7.66. The number of nitrogens with one attached hydrogen (secondary N) is 1. The molecular formula is C18H28N2O. The van der Waals surface area contributed by atoms with Gasteiger partial charge < -0.3 is 9.73 Å². The third kappa shape index (κ3) is 3.19. The Labute approximate surface area is 128 Å². The molecule has 1 aromatic heterocycles. The van der Waals surface area contributed by atoms with Gasteiger partial charge in [-0.3, -0.25) is 4.90 Å². The van der Waals surface area contributed by atoms with Crippen LogP contribution >= 0.6 is 0 Å². The van der Waals surface area contributed by atoms with Gasteiger partial charge >= 0.3 is 0 Å². The second kappa shape index (κ2) is 5.77. The molecule has 21 heavy (non-hydrogen) atoms. The van der Waals surface area contributed by atoms with Gasteiger partial charge in [0.25, 0.3) is 0 Å². The Balaban J connectivity index is 1.29. The zero-order valence-electron chi connectivity index (χ0n) is 13.2. The molecule has 1 N–H and O–H groups in total. The Morgan fingerprint density at radius 2 is 2.14 bits per heavy atom. The lowest BCUT2D eigenvalue weighted by Gasteiger charge is -2.26. The van der Waals surface area contributed by atoms with E-state index < -0.39 is 0 Å². The largest absolute Gasteiger partial charge is 0.468 e. The molecule has 1 heterocycles. The van der Waals surface area contributed by atoms with E-state index >= 15 is 0 Å². The number of hydrogen-bond donors (Lipinski definition) is 1. The lowest BCUT2D eigenvalue weighted by molar-refractivity contribution is 0.203. The van der Waals surface area contributed by atoms with E-state index in [4.69, 9.17) is 4.42 Å². The van der Waals surface area contributed by atoms with Crippen LogP contribution in [0.15, 0.2) is 16.7 Å². The van der Waals surface area contributed by atoms with Crippen LogP contribution in [0.4, 0.5) is 0 Å². The summed E-state index contributed by atoms with van der Waals surface area (Å²) in [4.78, 5) is 2.48. The molecule has 0 spiro atoms. The topological polar surface area (TPSA) is 28.4 Å². The van der Waals surface area contributed by atoms with Gasteiger partial charge in [-0.1, -0.05) is 6.42 Å². The van der Waals surface area contributed by atoms with Crippen LogP contribution in [-0.4, -0.2) is 24.5 Å². The van der Waals surface area contributed by atoms with Gasteiger partial charge in [0.05, 0.1) is 12.8 Å². The molecule has 4 rings (SSSR count). The molecule has 0 radical (unpaired) electrons. The summed E-state index contributed by atoms with van der Waals surface area (Å²) in [6, 6.07) is 2.90. The second-order valence-corrected chi connectivity index (χ2v) is 7.66. The van der Waals surface area contributed by atoms with Crippen molar-refractivity contribution in [3.63, 3.8) is 0 Å². The van der Waals surface area contributed by atoms with Crippen molar-refractivity contribution in [2.75, 3.05) is 13.6 Å². The van der Waals surface area contributed by atoms with Crippen LogP contribution in [0, 0.1) is 17.8 Å². The van der Waals surface area contributed by atoms with Crippen molar-refractivity contribution in [1.29, 1.82) is 0 Å². The van der Waals surface area contributed by atoms with Crippen LogP contribution in [0.2, 0.25) is 0 Å². The number of nitrogens with zero attached hydrogens (tertiary/aromatic N) is 1. The molecule has 2 bridgehead atoms. The van der Waals surface area contributed by atoms with Crippen molar-refractivity contribution in [3.05, 3.63) is 23.7 Å². The van der Waals surface area contributed by atoms with Gasteiger partial charge in [-0.05, 0) is 63.0 Å². The van der Waals surface area contributed by atoms with Gasteiger partial charge in [-0.25, -0.2) is 0 Å². The highest BCUT2D eigenvalue weighted by atomic mass is 16.3. The summed E-state index contributed by atoms with van der Waals surface area (Å²) in [5, 5.41) is 3.59. The maximum Gasteiger partial charge on any atom is 0.122 e. The predicted molar refractivity (Wildman–Crippen MR) is 83.8 cm³/mol. The van der Waals surface area contributed by atoms with Gasteiger partial charge in [0.15, 0.2) is 0 Å². The van der Waals surface area contributed by atoms with E-state index in [0.717, 1.165) is 42.6 Å². The molecule has 3 saturated carbocycles. The van der Waals surface area contributed by atoms with Crippen LogP contribution in [0.25, 0.3) is 0 Å². The molecule has 0 saturated heterocycles. The van der Waals surface area contributed by atoms with Crippen LogP contribution in [0.5, 0.6) is 0 Å². The fraction of sp³-hybridized carbons (Fsp3) is 0.778. The lowest BCUT2D eigenvalue weighted by atomic mass is 9.88. The van der Waals surface area contributed by atoms with Crippen molar-refractivity contribution in [2.24, 2.45) is 17.8 Å². The van der Waals surface area contributed by atoms with Crippen molar-refractivity contribution in [2.45, 2.75) is 57.7 Å². The van der Waals surface area contributed by atoms with Gasteiger partial charge in [-0.2, -0.15) is 0 Å². The molecule has 3 heteroatoms. The quantitative estimate of drug-likeness (QED) is 0.833. The number of hydrogen-bond acceptors (Lipinski definition) is 3. The zero-order valence-corrected chi connectivity index (χ0v) is 13.2. The molecule has 116 valence electrons. The lowest BCUT2D eigenvalue weighted by Crippen LogP contribution is -2.28. The van der Waals surface area contributed by atoms with E-state index in [9.17, 15) is 0 Å². The molecule has 3 aliphatic rings. The van der Waals surface area contributed by atoms with E-state index in [-0.39, 0.29) is 0 Å². The molecule has 3 nitrogen and oxygen atoms in total. The Morgan fingerprint density at radius 3 is 2.86 bits per heavy atom. The van der Waals surface area contributed by atoms with Crippen LogP contribution in [-0.2, 0) is 13.1 Å². The van der Waals surface area contributed by atoms with Crippen LogP contribution in [0.3, 0.4) is 0 Å². The summed E-state index contributed by atoms with van der Waals surface area (Å²) in [6.45, 7) is 3.18. The summed E-state index contributed by atoms with van der Waals surface area (Å²) < 4.78 is 5.73. The first-order chi connectivity index (χ1) is 10.3. The molecule has 3 fully saturated rings. The van der Waals surface area contributed by atoms with E-state index in [2.05, 4.69) is 23.3 Å². The summed E-state index contributed by atoms with van der Waals surface area (Å²) in [7, 11) is 2.26. The average Bonchev–Trinajstić information content (AvgIpc) is 2.85. The molecule has 3 unspecified atom stereocenters. The summed E-state index contributed by atoms with van der Waals surface area (Å²) in [5.41, 5.74) is 1.35. The molecule has 0 aromatic carbocycles. The fourth-order valence-corrected chi connectivity index (χ4v) is 4.52. The Kier molecular flexibility index (Phi) is 3.80. The number of fused-ring (bicyclic) bond motifs is 2. The third-order valence-electron chi connectivity index (χ3n) is 5.84. The van der Waals surface area contributed by atoms with Gasteiger partial charge in [-0.15, -0.1) is 0 Å². The van der Waals surface area contributed by atoms with Crippen LogP contribution < -0.4 is 5.32 Å². The fourth-order valence-electron chi connectivity index (χ4n) is 4.52. The van der Waals surface area contributed by atoms with Gasteiger partial charge in [0, 0.05) is 24.7 Å². The first kappa shape index (κ1) is 13.8. The molecule has 3 aliphatic carbocycles. The van der Waals surface area contributed by atoms with E-state index in [1.807, 2.05) is 6.26 Å². The first-order valence-corrected chi connectivity index (χ1v) is 8.75. The minimum atomic E-state index is 0.763.